The minimum Gasteiger partial charge on any atom is -0.405 e. The second-order valence-corrected chi connectivity index (χ2v) is 5.65. The molecule has 2 rings (SSSR count). The molecule has 1 aromatic carbocycles. The van der Waals surface area contributed by atoms with Crippen molar-refractivity contribution < 1.29 is 17.9 Å². The Hall–Kier alpha value is -1.23. The first-order valence-corrected chi connectivity index (χ1v) is 7.50. The number of benzene rings is 1. The molecule has 0 radical (unpaired) electrons. The van der Waals surface area contributed by atoms with Crippen LogP contribution in [0.3, 0.4) is 0 Å². The maximum Gasteiger partial charge on any atom is 0.573 e. The normalized spacial score (nSPS) is 23.6. The van der Waals surface area contributed by atoms with Crippen molar-refractivity contribution in [3.8, 4) is 5.75 Å². The molecule has 1 fully saturated rings. The summed E-state index contributed by atoms with van der Waals surface area (Å²) in [5.41, 5.74) is 0.692. The minimum atomic E-state index is -4.64. The van der Waals surface area contributed by atoms with Gasteiger partial charge in [-0.1, -0.05) is 37.5 Å². The van der Waals surface area contributed by atoms with Gasteiger partial charge in [-0.2, -0.15) is 0 Å². The molecule has 21 heavy (non-hydrogen) atoms. The lowest BCUT2D eigenvalue weighted by atomic mass is 9.82. The van der Waals surface area contributed by atoms with Crippen molar-refractivity contribution >= 4 is 0 Å². The van der Waals surface area contributed by atoms with Crippen molar-refractivity contribution in [2.75, 3.05) is 13.6 Å². The molecule has 2 nitrogen and oxygen atoms in total. The van der Waals surface area contributed by atoms with Crippen LogP contribution in [0.1, 0.15) is 43.6 Å². The number of rotatable bonds is 4. The number of hydrogen-bond acceptors (Lipinski definition) is 2. The van der Waals surface area contributed by atoms with E-state index < -0.39 is 6.36 Å². The molecule has 5 heteroatoms. The van der Waals surface area contributed by atoms with E-state index >= 15 is 0 Å². The zero-order valence-corrected chi connectivity index (χ0v) is 12.2. The molecule has 0 heterocycles. The third kappa shape index (κ3) is 4.63. The zero-order chi connectivity index (χ0) is 15.3. The number of nitrogens with one attached hydrogen (secondary N) is 1. The topological polar surface area (TPSA) is 21.3 Å². The van der Waals surface area contributed by atoms with Gasteiger partial charge in [0.25, 0.3) is 0 Å². The van der Waals surface area contributed by atoms with E-state index in [1.165, 1.54) is 6.07 Å². The first-order valence-electron chi connectivity index (χ1n) is 7.50. The molecule has 0 spiro atoms. The van der Waals surface area contributed by atoms with Gasteiger partial charge < -0.3 is 10.1 Å². The molecule has 1 aromatic rings. The molecular weight excluding hydrogens is 279 g/mol. The lowest BCUT2D eigenvalue weighted by molar-refractivity contribution is -0.275. The highest BCUT2D eigenvalue weighted by Crippen LogP contribution is 2.41. The maximum atomic E-state index is 12.6. The van der Waals surface area contributed by atoms with Gasteiger partial charge in [-0.15, -0.1) is 13.2 Å². The lowest BCUT2D eigenvalue weighted by Crippen LogP contribution is -2.25. The van der Waals surface area contributed by atoms with Gasteiger partial charge in [0.05, 0.1) is 0 Å². The van der Waals surface area contributed by atoms with Gasteiger partial charge in [-0.25, -0.2) is 0 Å². The fourth-order valence-corrected chi connectivity index (χ4v) is 3.30. The van der Waals surface area contributed by atoms with Gasteiger partial charge in [-0.05, 0) is 49.9 Å². The molecule has 0 amide bonds. The summed E-state index contributed by atoms with van der Waals surface area (Å²) in [6.45, 7) is 0.824. The highest BCUT2D eigenvalue weighted by atomic mass is 19.4. The average Bonchev–Trinajstić information content (AvgIpc) is 2.64. The van der Waals surface area contributed by atoms with Crippen molar-refractivity contribution in [3.63, 3.8) is 0 Å². The van der Waals surface area contributed by atoms with Crippen molar-refractivity contribution in [1.29, 1.82) is 0 Å². The highest BCUT2D eigenvalue weighted by Gasteiger charge is 2.34. The van der Waals surface area contributed by atoms with Crippen molar-refractivity contribution in [3.05, 3.63) is 29.8 Å². The van der Waals surface area contributed by atoms with Gasteiger partial charge >= 0.3 is 6.36 Å². The first-order chi connectivity index (χ1) is 10.0. The molecule has 1 aliphatic carbocycles. The summed E-state index contributed by atoms with van der Waals surface area (Å²) >= 11 is 0. The summed E-state index contributed by atoms with van der Waals surface area (Å²) in [6.07, 6.45) is 0.686. The largest absolute Gasteiger partial charge is 0.573 e. The van der Waals surface area contributed by atoms with Crippen LogP contribution in [-0.4, -0.2) is 20.0 Å². The van der Waals surface area contributed by atoms with Gasteiger partial charge in [0.2, 0.25) is 0 Å². The van der Waals surface area contributed by atoms with Crippen LogP contribution >= 0.6 is 0 Å². The van der Waals surface area contributed by atoms with Crippen LogP contribution in [0, 0.1) is 5.92 Å². The van der Waals surface area contributed by atoms with Gasteiger partial charge in [0.1, 0.15) is 5.75 Å². The molecule has 2 unspecified atom stereocenters. The summed E-state index contributed by atoms with van der Waals surface area (Å²) in [6, 6.07) is 6.58. The number of ether oxygens (including phenoxy) is 1. The van der Waals surface area contributed by atoms with Crippen LogP contribution in [0.25, 0.3) is 0 Å². The third-order valence-corrected chi connectivity index (χ3v) is 4.17. The predicted octanol–water partition coefficient (Wildman–Crippen LogP) is 4.47. The molecular formula is C16H22F3NO. The standard InChI is InChI=1S/C16H22F3NO/c1-20-11-12-7-3-2-4-8-13(12)14-9-5-6-10-15(14)21-16(17,18)19/h5-6,9-10,12-13,20H,2-4,7-8,11H2,1H3. The SMILES string of the molecule is CNCC1CCCCCC1c1ccccc1OC(F)(F)F. The van der Waals surface area contributed by atoms with E-state index in [0.29, 0.717) is 11.5 Å². The Kier molecular flexibility index (Phi) is 5.51. The predicted molar refractivity (Wildman–Crippen MR) is 76.4 cm³/mol. The van der Waals surface area contributed by atoms with Crippen molar-refractivity contribution in [2.24, 2.45) is 5.92 Å². The van der Waals surface area contributed by atoms with Crippen LogP contribution in [-0.2, 0) is 0 Å². The number of halogens is 3. The molecule has 118 valence electrons. The Bertz CT molecular complexity index is 447. The summed E-state index contributed by atoms with van der Waals surface area (Å²) in [5.74, 6) is 0.437. The van der Waals surface area contributed by atoms with Crippen LogP contribution < -0.4 is 10.1 Å². The van der Waals surface area contributed by atoms with Gasteiger partial charge in [0.15, 0.2) is 0 Å². The second-order valence-electron chi connectivity index (χ2n) is 5.65. The maximum absolute atomic E-state index is 12.6. The molecule has 0 aromatic heterocycles. The first kappa shape index (κ1) is 16.1. The second kappa shape index (κ2) is 7.16. The molecule has 2 atom stereocenters. The quantitative estimate of drug-likeness (QED) is 0.829. The van der Waals surface area contributed by atoms with E-state index in [2.05, 4.69) is 10.1 Å². The third-order valence-electron chi connectivity index (χ3n) is 4.17. The van der Waals surface area contributed by atoms with E-state index in [1.807, 2.05) is 7.05 Å². The van der Waals surface area contributed by atoms with Gasteiger partial charge in [-0.3, -0.25) is 0 Å². The highest BCUT2D eigenvalue weighted by molar-refractivity contribution is 5.37. The molecule has 0 aliphatic heterocycles. The number of para-hydroxylation sites is 1. The Balaban J connectivity index is 2.28. The summed E-state index contributed by atoms with van der Waals surface area (Å²) in [4.78, 5) is 0. The fraction of sp³-hybridized carbons (Fsp3) is 0.625. The van der Waals surface area contributed by atoms with E-state index in [-0.39, 0.29) is 11.7 Å². The smallest absolute Gasteiger partial charge is 0.405 e. The Morgan fingerprint density at radius 3 is 2.57 bits per heavy atom. The van der Waals surface area contributed by atoms with E-state index in [1.54, 1.807) is 18.2 Å². The monoisotopic (exact) mass is 301 g/mol. The van der Waals surface area contributed by atoms with E-state index in [9.17, 15) is 13.2 Å². The van der Waals surface area contributed by atoms with Crippen molar-refractivity contribution in [1.82, 2.24) is 5.32 Å². The zero-order valence-electron chi connectivity index (χ0n) is 12.2. The molecule has 1 N–H and O–H groups in total. The Morgan fingerprint density at radius 2 is 1.86 bits per heavy atom. The Labute approximate surface area is 123 Å². The van der Waals surface area contributed by atoms with Crippen LogP contribution in [0.2, 0.25) is 0 Å². The Morgan fingerprint density at radius 1 is 1.14 bits per heavy atom. The minimum absolute atomic E-state index is 0.0435. The van der Waals surface area contributed by atoms with E-state index in [4.69, 9.17) is 0 Å². The number of alkyl halides is 3. The summed E-state index contributed by atoms with van der Waals surface area (Å²) < 4.78 is 42.0. The van der Waals surface area contributed by atoms with Crippen LogP contribution in [0.15, 0.2) is 24.3 Å². The lowest BCUT2D eigenvalue weighted by Gasteiger charge is -2.27. The fourth-order valence-electron chi connectivity index (χ4n) is 3.30. The average molecular weight is 301 g/mol. The van der Waals surface area contributed by atoms with Crippen LogP contribution in [0.4, 0.5) is 13.2 Å². The molecule has 0 saturated heterocycles. The molecule has 1 aliphatic rings. The number of hydrogen-bond donors (Lipinski definition) is 1. The molecule has 1 saturated carbocycles. The van der Waals surface area contributed by atoms with Crippen molar-refractivity contribution in [2.45, 2.75) is 44.4 Å². The van der Waals surface area contributed by atoms with Gasteiger partial charge in [0, 0.05) is 0 Å². The van der Waals surface area contributed by atoms with Crippen LogP contribution in [0.5, 0.6) is 5.75 Å². The van der Waals surface area contributed by atoms with E-state index in [0.717, 1.165) is 38.6 Å². The summed E-state index contributed by atoms with van der Waals surface area (Å²) in [7, 11) is 1.89. The molecule has 0 bridgehead atoms. The summed E-state index contributed by atoms with van der Waals surface area (Å²) in [5, 5.41) is 3.17.